The molecule has 0 spiro atoms. The van der Waals surface area contributed by atoms with Crippen LogP contribution in [0.5, 0.6) is 5.75 Å². The second-order valence-electron chi connectivity index (χ2n) is 18.0. The first-order valence-corrected chi connectivity index (χ1v) is 21.1. The topological polar surface area (TPSA) is 155 Å². The number of piperazine rings is 1. The van der Waals surface area contributed by atoms with Crippen LogP contribution in [0.25, 0.3) is 0 Å². The summed E-state index contributed by atoms with van der Waals surface area (Å²) in [6.45, 7) is 12.7. The highest BCUT2D eigenvalue weighted by molar-refractivity contribution is 6.31. The number of rotatable bonds is 9. The van der Waals surface area contributed by atoms with Crippen molar-refractivity contribution in [3.05, 3.63) is 87.4 Å². The number of amides is 5. The predicted octanol–water partition coefficient (Wildman–Crippen LogP) is 5.54. The molecule has 3 aromatic carbocycles. The lowest BCUT2D eigenvalue weighted by Crippen LogP contribution is -2.74. The smallest absolute Gasteiger partial charge is 0.262 e. The Kier molecular flexibility index (Phi) is 11.1. The van der Waals surface area contributed by atoms with Gasteiger partial charge in [0.15, 0.2) is 0 Å². The molecule has 5 aliphatic rings. The van der Waals surface area contributed by atoms with Crippen LogP contribution in [0, 0.1) is 39.7 Å². The monoisotopic (exact) mass is 855 g/mol. The van der Waals surface area contributed by atoms with E-state index >= 15 is 8.78 Å². The number of anilines is 2. The maximum Gasteiger partial charge on any atom is 0.262 e. The number of carbonyl (C=O) groups excluding carboxylic acids is 5. The quantitative estimate of drug-likeness (QED) is 0.262. The van der Waals surface area contributed by atoms with Gasteiger partial charge in [-0.15, -0.1) is 0 Å². The molecule has 0 radical (unpaired) electrons. The number of hydrogen-bond acceptors (Lipinski definition) is 10. The van der Waals surface area contributed by atoms with Gasteiger partial charge in [0.25, 0.3) is 17.7 Å². The average molecular weight is 856 g/mol. The maximum absolute atomic E-state index is 15.7. The summed E-state index contributed by atoms with van der Waals surface area (Å²) < 4.78 is 37.5. The van der Waals surface area contributed by atoms with Crippen LogP contribution < -0.4 is 25.2 Å². The molecule has 3 aromatic rings. The molecule has 1 aliphatic carbocycles. The van der Waals surface area contributed by atoms with Crippen LogP contribution in [-0.2, 0) is 9.59 Å². The molecule has 0 bridgehead atoms. The Labute approximate surface area is 357 Å². The third kappa shape index (κ3) is 7.69. The van der Waals surface area contributed by atoms with E-state index in [0.29, 0.717) is 54.1 Å². The molecule has 5 amide bonds. The largest absolute Gasteiger partial charge is 0.489 e. The van der Waals surface area contributed by atoms with E-state index in [1.54, 1.807) is 30.3 Å². The molecule has 1 saturated carbocycles. The van der Waals surface area contributed by atoms with Crippen LogP contribution in [-0.4, -0.2) is 103 Å². The van der Waals surface area contributed by atoms with Crippen molar-refractivity contribution in [2.75, 3.05) is 55.6 Å². The van der Waals surface area contributed by atoms with Crippen molar-refractivity contribution in [1.82, 2.24) is 20.4 Å². The Bertz CT molecular complexity index is 2350. The van der Waals surface area contributed by atoms with Gasteiger partial charge in [0.05, 0.1) is 33.1 Å². The van der Waals surface area contributed by atoms with Gasteiger partial charge in [0.1, 0.15) is 35.6 Å². The summed E-state index contributed by atoms with van der Waals surface area (Å²) in [7, 11) is 0. The van der Waals surface area contributed by atoms with E-state index in [1.807, 2.05) is 43.6 Å². The lowest BCUT2D eigenvalue weighted by atomic mass is 9.49. The first-order chi connectivity index (χ1) is 29.0. The van der Waals surface area contributed by atoms with E-state index in [2.05, 4.69) is 15.5 Å². The number of hydrogen-bond donors (Lipinski definition) is 2. The third-order valence-electron chi connectivity index (χ3n) is 13.3. The lowest BCUT2D eigenvalue weighted by Gasteiger charge is -2.63. The predicted molar refractivity (Wildman–Crippen MR) is 222 cm³/mol. The highest BCUT2D eigenvalue weighted by Gasteiger charge is 2.64. The zero-order valence-corrected chi connectivity index (χ0v) is 35.3. The molecule has 8 rings (SSSR count). The molecule has 16 heteroatoms. The Hall–Kier alpha value is -5.59. The SMILES string of the molecule is CC1(C)[C@H](NC(=O)c2ccc(N3CCN(CC4CCN(c5cc6c(cc5F)C(=O)N(C5CCC(=O)NC5=O)C6=O)CC4)CC3)c(F)c2)C(C)(C)[C@H]1Oc1ccc(C#N)c(Cl)c1. The number of imide groups is 2. The summed E-state index contributed by atoms with van der Waals surface area (Å²) in [5.74, 6) is -3.15. The van der Waals surface area contributed by atoms with Gasteiger partial charge in [0, 0.05) is 80.7 Å². The van der Waals surface area contributed by atoms with Crippen LogP contribution in [0.2, 0.25) is 5.02 Å². The van der Waals surface area contributed by atoms with Crippen molar-refractivity contribution in [2.24, 2.45) is 16.7 Å². The van der Waals surface area contributed by atoms with Crippen molar-refractivity contribution in [2.45, 2.75) is 71.6 Å². The molecule has 4 heterocycles. The third-order valence-corrected chi connectivity index (χ3v) is 13.6. The maximum atomic E-state index is 15.7. The van der Waals surface area contributed by atoms with Gasteiger partial charge in [-0.05, 0) is 67.6 Å². The number of nitrogens with zero attached hydrogens (tertiary/aromatic N) is 5. The Morgan fingerprint density at radius 1 is 0.852 bits per heavy atom. The van der Waals surface area contributed by atoms with Crippen LogP contribution in [0.3, 0.4) is 0 Å². The summed E-state index contributed by atoms with van der Waals surface area (Å²) in [4.78, 5) is 71.1. The van der Waals surface area contributed by atoms with Crippen molar-refractivity contribution in [3.8, 4) is 11.8 Å². The van der Waals surface area contributed by atoms with Crippen molar-refractivity contribution in [1.29, 1.82) is 5.26 Å². The standard InChI is InChI=1S/C45H48ClF2N7O6/c1-44(2)42(45(3,4)43(44)61-28-7-5-27(23-49)31(46)20-28)51-38(57)26-6-8-34(32(47)19-26)54-17-15-52(16-18-54)24-25-11-13-53(14-12-25)36-22-30-29(21-33(36)48)40(59)55(41(30)60)35-9-10-37(56)50-39(35)58/h5-8,19-22,25,35,42-43H,9-18,24H2,1-4H3,(H,51,57)(H,50,56,58)/t35?,42-,43-. The van der Waals surface area contributed by atoms with Crippen molar-refractivity contribution < 1.29 is 37.5 Å². The number of nitriles is 1. The summed E-state index contributed by atoms with van der Waals surface area (Å²) in [5, 5.41) is 14.8. The molecule has 4 fully saturated rings. The number of piperidine rings is 2. The van der Waals surface area contributed by atoms with Crippen LogP contribution in [0.15, 0.2) is 48.5 Å². The fraction of sp³-hybridized carbons (Fsp3) is 0.467. The van der Waals surface area contributed by atoms with Crippen molar-refractivity contribution in [3.63, 3.8) is 0 Å². The molecule has 2 N–H and O–H groups in total. The lowest BCUT2D eigenvalue weighted by molar-refractivity contribution is -0.164. The Morgan fingerprint density at radius 3 is 2.11 bits per heavy atom. The van der Waals surface area contributed by atoms with Gasteiger partial charge in [-0.1, -0.05) is 39.3 Å². The van der Waals surface area contributed by atoms with E-state index in [4.69, 9.17) is 16.3 Å². The zero-order valence-electron chi connectivity index (χ0n) is 34.5. The van der Waals surface area contributed by atoms with Gasteiger partial charge in [-0.25, -0.2) is 8.78 Å². The summed E-state index contributed by atoms with van der Waals surface area (Å²) in [6.07, 6.45) is 1.33. The molecule has 61 heavy (non-hydrogen) atoms. The minimum Gasteiger partial charge on any atom is -0.489 e. The van der Waals surface area contributed by atoms with Gasteiger partial charge < -0.3 is 19.9 Å². The Morgan fingerprint density at radius 2 is 1.49 bits per heavy atom. The minimum absolute atomic E-state index is 0.00103. The molecule has 1 unspecified atom stereocenters. The zero-order chi connectivity index (χ0) is 43.5. The van der Waals surface area contributed by atoms with Crippen LogP contribution >= 0.6 is 11.6 Å². The van der Waals surface area contributed by atoms with Gasteiger partial charge in [-0.2, -0.15) is 5.26 Å². The minimum atomic E-state index is -1.12. The van der Waals surface area contributed by atoms with Crippen LogP contribution in [0.4, 0.5) is 20.2 Å². The highest BCUT2D eigenvalue weighted by Crippen LogP contribution is 2.55. The number of benzene rings is 3. The number of halogens is 3. The van der Waals surface area contributed by atoms with Crippen LogP contribution in [0.1, 0.15) is 90.0 Å². The molecule has 1 atom stereocenters. The van der Waals surface area contributed by atoms with E-state index in [0.717, 1.165) is 43.4 Å². The molecule has 3 saturated heterocycles. The van der Waals surface area contributed by atoms with E-state index in [9.17, 15) is 29.2 Å². The molecular formula is C45H48ClF2N7O6. The van der Waals surface area contributed by atoms with Gasteiger partial charge >= 0.3 is 0 Å². The fourth-order valence-electron chi connectivity index (χ4n) is 10.3. The molecule has 13 nitrogen and oxygen atoms in total. The molecule has 0 aromatic heterocycles. The number of carbonyl (C=O) groups is 5. The molecular weight excluding hydrogens is 808 g/mol. The summed E-state index contributed by atoms with van der Waals surface area (Å²) in [5.41, 5.74) is 0.305. The number of nitrogens with one attached hydrogen (secondary N) is 2. The van der Waals surface area contributed by atoms with Crippen molar-refractivity contribution >= 4 is 52.5 Å². The second kappa shape index (κ2) is 16.0. The number of ether oxygens (including phenoxy) is 1. The van der Waals surface area contributed by atoms with Gasteiger partial charge in [-0.3, -0.25) is 39.1 Å². The Balaban J connectivity index is 0.815. The summed E-state index contributed by atoms with van der Waals surface area (Å²) in [6, 6.07) is 12.7. The first kappa shape index (κ1) is 42.1. The first-order valence-electron chi connectivity index (χ1n) is 20.7. The average Bonchev–Trinajstić information content (AvgIpc) is 3.46. The number of fused-ring (bicyclic) bond motifs is 1. The summed E-state index contributed by atoms with van der Waals surface area (Å²) >= 11 is 6.23. The highest BCUT2D eigenvalue weighted by atomic mass is 35.5. The molecule has 4 aliphatic heterocycles. The fourth-order valence-corrected chi connectivity index (χ4v) is 10.5. The van der Waals surface area contributed by atoms with E-state index in [-0.39, 0.29) is 53.3 Å². The molecule has 320 valence electrons. The normalized spacial score (nSPS) is 23.9. The van der Waals surface area contributed by atoms with E-state index in [1.165, 1.54) is 12.1 Å². The second-order valence-corrected chi connectivity index (χ2v) is 18.4. The van der Waals surface area contributed by atoms with E-state index < -0.39 is 52.1 Å². The van der Waals surface area contributed by atoms with Gasteiger partial charge in [0.2, 0.25) is 11.8 Å².